The number of carboxylic acids is 1. The van der Waals surface area contributed by atoms with E-state index < -0.39 is 5.97 Å². The van der Waals surface area contributed by atoms with Crippen LogP contribution in [0.2, 0.25) is 0 Å². The van der Waals surface area contributed by atoms with Crippen molar-refractivity contribution >= 4 is 33.2 Å². The molecule has 4 heteroatoms. The first kappa shape index (κ1) is 6.77. The summed E-state index contributed by atoms with van der Waals surface area (Å²) in [6, 6.07) is 4.17. The number of rotatable bonds is 1. The Morgan fingerprint density at radius 2 is 2.56 bits per heavy atom. The molecule has 1 radical (unpaired) electrons. The van der Waals surface area contributed by atoms with Crippen LogP contribution in [0.3, 0.4) is 0 Å². The molecule has 47 valence electrons. The third-order valence-corrected chi connectivity index (χ3v) is 2.23. The molecular formula is C5H2BrO2S. The molecule has 0 aromatic carbocycles. The summed E-state index contributed by atoms with van der Waals surface area (Å²) in [6.45, 7) is 0. The normalized spacial score (nSPS) is 9.44. The van der Waals surface area contributed by atoms with Crippen molar-refractivity contribution in [3.63, 3.8) is 0 Å². The highest BCUT2D eigenvalue weighted by molar-refractivity contribution is 9.11. The van der Waals surface area contributed by atoms with Crippen molar-refractivity contribution in [3.05, 3.63) is 20.8 Å². The van der Waals surface area contributed by atoms with Crippen LogP contribution in [-0.2, 0) is 0 Å². The van der Waals surface area contributed by atoms with E-state index in [-0.39, 0.29) is 4.88 Å². The highest BCUT2D eigenvalue weighted by Crippen LogP contribution is 2.20. The van der Waals surface area contributed by atoms with Crippen LogP contribution in [0.15, 0.2) is 9.85 Å². The van der Waals surface area contributed by atoms with E-state index in [1.807, 2.05) is 0 Å². The standard InChI is InChI=1S/C5H2BrO2S/c6-4-2-1-3(9-4)5(7)8/h2H,(H,7,8). The second-order valence-electron chi connectivity index (χ2n) is 1.33. The summed E-state index contributed by atoms with van der Waals surface area (Å²) in [5.74, 6) is -0.925. The average Bonchev–Trinajstić information content (AvgIpc) is 2.14. The third kappa shape index (κ3) is 1.53. The third-order valence-electron chi connectivity index (χ3n) is 0.711. The minimum Gasteiger partial charge on any atom is -0.477 e. The molecule has 0 aliphatic rings. The quantitative estimate of drug-likeness (QED) is 0.762. The van der Waals surface area contributed by atoms with Crippen molar-refractivity contribution < 1.29 is 9.90 Å². The molecule has 9 heavy (non-hydrogen) atoms. The molecule has 1 heterocycles. The zero-order valence-electron chi connectivity index (χ0n) is 4.22. The van der Waals surface area contributed by atoms with Crippen LogP contribution in [0.25, 0.3) is 0 Å². The minimum absolute atomic E-state index is 0.238. The lowest BCUT2D eigenvalue weighted by Gasteiger charge is -1.79. The topological polar surface area (TPSA) is 37.3 Å². The number of hydrogen-bond acceptors (Lipinski definition) is 2. The van der Waals surface area contributed by atoms with Gasteiger partial charge in [-0.2, -0.15) is 0 Å². The van der Waals surface area contributed by atoms with Gasteiger partial charge in [-0.3, -0.25) is 0 Å². The summed E-state index contributed by atoms with van der Waals surface area (Å²) in [4.78, 5) is 10.4. The van der Waals surface area contributed by atoms with Gasteiger partial charge in [0.05, 0.1) is 3.79 Å². The Morgan fingerprint density at radius 1 is 1.89 bits per heavy atom. The van der Waals surface area contributed by atoms with Crippen molar-refractivity contribution in [1.82, 2.24) is 0 Å². The second kappa shape index (κ2) is 2.49. The van der Waals surface area contributed by atoms with Crippen molar-refractivity contribution in [2.75, 3.05) is 0 Å². The molecule has 0 unspecified atom stereocenters. The van der Waals surface area contributed by atoms with E-state index in [2.05, 4.69) is 22.0 Å². The second-order valence-corrected chi connectivity index (χ2v) is 3.76. The predicted octanol–water partition coefficient (Wildman–Crippen LogP) is 2.01. The first-order valence-corrected chi connectivity index (χ1v) is 3.71. The number of aromatic carboxylic acids is 1. The maximum Gasteiger partial charge on any atom is 0.346 e. The van der Waals surface area contributed by atoms with Gasteiger partial charge in [-0.25, -0.2) is 4.79 Å². The van der Waals surface area contributed by atoms with Gasteiger partial charge in [-0.1, -0.05) is 0 Å². The molecule has 0 amide bonds. The Bertz CT molecular complexity index is 231. The summed E-state index contributed by atoms with van der Waals surface area (Å²) in [7, 11) is 0. The minimum atomic E-state index is -0.925. The number of halogens is 1. The molecule has 0 fully saturated rings. The molecule has 0 atom stereocenters. The summed E-state index contributed by atoms with van der Waals surface area (Å²) < 4.78 is 0.792. The zero-order chi connectivity index (χ0) is 6.85. The smallest absolute Gasteiger partial charge is 0.346 e. The van der Waals surface area contributed by atoms with Crippen LogP contribution in [-0.4, -0.2) is 11.1 Å². The Labute approximate surface area is 64.3 Å². The van der Waals surface area contributed by atoms with Crippen LogP contribution in [0.4, 0.5) is 0 Å². The molecule has 1 N–H and O–H groups in total. The van der Waals surface area contributed by atoms with Crippen LogP contribution in [0, 0.1) is 6.07 Å². The van der Waals surface area contributed by atoms with E-state index in [9.17, 15) is 4.79 Å². The van der Waals surface area contributed by atoms with Crippen molar-refractivity contribution in [2.24, 2.45) is 0 Å². The van der Waals surface area contributed by atoms with Gasteiger partial charge in [-0.05, 0) is 22.0 Å². The zero-order valence-corrected chi connectivity index (χ0v) is 6.62. The Hall–Kier alpha value is -0.350. The molecule has 1 aromatic heterocycles. The summed E-state index contributed by atoms with van der Waals surface area (Å²) in [5, 5.41) is 8.36. The fourth-order valence-electron chi connectivity index (χ4n) is 0.384. The van der Waals surface area contributed by atoms with E-state index in [1.165, 1.54) is 0 Å². The van der Waals surface area contributed by atoms with E-state index in [0.29, 0.717) is 0 Å². The molecule has 2 nitrogen and oxygen atoms in total. The molecule has 0 saturated carbocycles. The van der Waals surface area contributed by atoms with Gasteiger partial charge in [0.2, 0.25) is 0 Å². The van der Waals surface area contributed by atoms with Crippen molar-refractivity contribution in [3.8, 4) is 0 Å². The Morgan fingerprint density at radius 3 is 2.78 bits per heavy atom. The van der Waals surface area contributed by atoms with E-state index in [0.717, 1.165) is 15.1 Å². The number of hydrogen-bond donors (Lipinski definition) is 1. The molecule has 0 bridgehead atoms. The molecule has 0 saturated heterocycles. The highest BCUT2D eigenvalue weighted by Gasteiger charge is 2.04. The maximum absolute atomic E-state index is 10.2. The average molecular weight is 206 g/mol. The van der Waals surface area contributed by atoms with Crippen molar-refractivity contribution in [1.29, 1.82) is 0 Å². The lowest BCUT2D eigenvalue weighted by atomic mass is 10.5. The fourth-order valence-corrected chi connectivity index (χ4v) is 1.50. The van der Waals surface area contributed by atoms with E-state index >= 15 is 0 Å². The fraction of sp³-hybridized carbons (Fsp3) is 0. The summed E-state index contributed by atoms with van der Waals surface area (Å²) in [6.07, 6.45) is 0. The van der Waals surface area contributed by atoms with Crippen LogP contribution >= 0.6 is 27.3 Å². The lowest BCUT2D eigenvalue weighted by molar-refractivity contribution is 0.0702. The van der Waals surface area contributed by atoms with Crippen LogP contribution in [0.5, 0.6) is 0 Å². The number of carboxylic acid groups (broad SMARTS) is 1. The molecule has 0 aliphatic carbocycles. The van der Waals surface area contributed by atoms with E-state index in [1.54, 1.807) is 6.07 Å². The van der Waals surface area contributed by atoms with Gasteiger partial charge in [0.15, 0.2) is 0 Å². The summed E-state index contributed by atoms with van der Waals surface area (Å²) in [5.41, 5.74) is 0. The van der Waals surface area contributed by atoms with Gasteiger partial charge in [0.25, 0.3) is 0 Å². The predicted molar refractivity (Wildman–Crippen MR) is 37.8 cm³/mol. The summed E-state index contributed by atoms with van der Waals surface area (Å²) >= 11 is 4.28. The Kier molecular flexibility index (Phi) is 1.87. The first-order valence-electron chi connectivity index (χ1n) is 2.10. The van der Waals surface area contributed by atoms with Gasteiger partial charge in [-0.15, -0.1) is 11.3 Å². The Balaban J connectivity index is 2.98. The molecule has 1 aromatic rings. The number of thiophene rings is 1. The monoisotopic (exact) mass is 205 g/mol. The lowest BCUT2D eigenvalue weighted by Crippen LogP contribution is -1.89. The molecule has 1 rings (SSSR count). The molecular weight excluding hydrogens is 204 g/mol. The van der Waals surface area contributed by atoms with Gasteiger partial charge in [0.1, 0.15) is 4.88 Å². The highest BCUT2D eigenvalue weighted by atomic mass is 79.9. The SMILES string of the molecule is O=C(O)c1[c]cc(Br)s1. The van der Waals surface area contributed by atoms with Gasteiger partial charge in [0, 0.05) is 6.07 Å². The van der Waals surface area contributed by atoms with Crippen LogP contribution < -0.4 is 0 Å². The molecule has 0 aliphatic heterocycles. The largest absolute Gasteiger partial charge is 0.477 e. The van der Waals surface area contributed by atoms with Gasteiger partial charge >= 0.3 is 5.97 Å². The van der Waals surface area contributed by atoms with Gasteiger partial charge < -0.3 is 5.11 Å². The number of carbonyl (C=O) groups is 1. The van der Waals surface area contributed by atoms with Crippen molar-refractivity contribution in [2.45, 2.75) is 0 Å². The molecule has 0 spiro atoms. The van der Waals surface area contributed by atoms with Crippen LogP contribution in [0.1, 0.15) is 9.67 Å². The first-order chi connectivity index (χ1) is 4.20. The van der Waals surface area contributed by atoms with E-state index in [4.69, 9.17) is 5.11 Å². The maximum atomic E-state index is 10.2.